The summed E-state index contributed by atoms with van der Waals surface area (Å²) in [5, 5.41) is 12.0. The zero-order valence-electron chi connectivity index (χ0n) is 19.7. The number of nitrogens with zero attached hydrogens (tertiary/aromatic N) is 3. The lowest BCUT2D eigenvalue weighted by molar-refractivity contribution is -0.113. The molecule has 9 nitrogen and oxygen atoms in total. The van der Waals surface area contributed by atoms with Crippen LogP contribution < -0.4 is 19.5 Å². The Morgan fingerprint density at radius 3 is 2.57 bits per heavy atom. The van der Waals surface area contributed by atoms with Gasteiger partial charge in [-0.05, 0) is 43.3 Å². The van der Waals surface area contributed by atoms with E-state index in [1.54, 1.807) is 31.6 Å². The number of carbonyl (C=O) groups excluding carboxylic acids is 1. The molecule has 4 rings (SSSR count). The number of hydrogen-bond acceptors (Lipinski definition) is 8. The standard InChI is InChI=1S/C25H26N4O5S/c1-17-6-8-18(9-7-17)34-15-23-27-28-25(29(23)14-20-5-4-12-33-20)35-16-24(30)26-21-11-10-19(31-2)13-22(21)32-3/h4-13H,14-16H2,1-3H3,(H,26,30). The van der Waals surface area contributed by atoms with E-state index in [9.17, 15) is 4.79 Å². The molecule has 0 atom stereocenters. The van der Waals surface area contributed by atoms with Gasteiger partial charge in [-0.15, -0.1) is 10.2 Å². The number of methoxy groups -OCH3 is 2. The average Bonchev–Trinajstić information content (AvgIpc) is 3.53. The molecule has 0 aliphatic carbocycles. The molecular weight excluding hydrogens is 468 g/mol. The molecule has 0 unspecified atom stereocenters. The van der Waals surface area contributed by atoms with Gasteiger partial charge in [0.25, 0.3) is 0 Å². The number of carbonyl (C=O) groups is 1. The van der Waals surface area contributed by atoms with Crippen molar-refractivity contribution >= 4 is 23.4 Å². The second-order valence-electron chi connectivity index (χ2n) is 7.57. The molecule has 182 valence electrons. The summed E-state index contributed by atoms with van der Waals surface area (Å²) in [6, 6.07) is 16.7. The van der Waals surface area contributed by atoms with Gasteiger partial charge in [0.1, 0.15) is 29.6 Å². The van der Waals surface area contributed by atoms with Crippen molar-refractivity contribution in [2.45, 2.75) is 25.2 Å². The molecule has 2 aromatic heterocycles. The highest BCUT2D eigenvalue weighted by molar-refractivity contribution is 7.99. The maximum Gasteiger partial charge on any atom is 0.234 e. The number of hydrogen-bond donors (Lipinski definition) is 1. The highest BCUT2D eigenvalue weighted by atomic mass is 32.2. The summed E-state index contributed by atoms with van der Waals surface area (Å²) < 4.78 is 23.9. The van der Waals surface area contributed by atoms with Gasteiger partial charge in [-0.1, -0.05) is 29.5 Å². The van der Waals surface area contributed by atoms with Gasteiger partial charge < -0.3 is 23.9 Å². The van der Waals surface area contributed by atoms with E-state index in [1.165, 1.54) is 18.9 Å². The first-order valence-corrected chi connectivity index (χ1v) is 11.8. The number of furan rings is 1. The fraction of sp³-hybridized carbons (Fsp3) is 0.240. The maximum absolute atomic E-state index is 12.7. The fourth-order valence-corrected chi connectivity index (χ4v) is 4.01. The molecule has 0 aliphatic heterocycles. The lowest BCUT2D eigenvalue weighted by Gasteiger charge is -2.12. The number of benzene rings is 2. The fourth-order valence-electron chi connectivity index (χ4n) is 3.25. The summed E-state index contributed by atoms with van der Waals surface area (Å²) in [5.41, 5.74) is 1.71. The predicted molar refractivity (Wildman–Crippen MR) is 132 cm³/mol. The topological polar surface area (TPSA) is 101 Å². The van der Waals surface area contributed by atoms with Crippen LogP contribution in [0.2, 0.25) is 0 Å². The van der Waals surface area contributed by atoms with E-state index in [-0.39, 0.29) is 18.3 Å². The largest absolute Gasteiger partial charge is 0.497 e. The highest BCUT2D eigenvalue weighted by Crippen LogP contribution is 2.29. The Bertz CT molecular complexity index is 1260. The monoisotopic (exact) mass is 494 g/mol. The van der Waals surface area contributed by atoms with Crippen LogP contribution in [0.15, 0.2) is 70.4 Å². The van der Waals surface area contributed by atoms with Crippen molar-refractivity contribution < 1.29 is 23.4 Å². The van der Waals surface area contributed by atoms with Crippen molar-refractivity contribution in [3.63, 3.8) is 0 Å². The van der Waals surface area contributed by atoms with E-state index in [2.05, 4.69) is 15.5 Å². The Balaban J connectivity index is 1.44. The molecule has 2 aromatic carbocycles. The van der Waals surface area contributed by atoms with Crippen molar-refractivity contribution in [1.29, 1.82) is 0 Å². The van der Waals surface area contributed by atoms with E-state index in [1.807, 2.05) is 47.9 Å². The third kappa shape index (κ3) is 6.36. The predicted octanol–water partition coefficient (Wildman–Crippen LogP) is 4.55. The first-order chi connectivity index (χ1) is 17.1. The van der Waals surface area contributed by atoms with E-state index in [4.69, 9.17) is 18.6 Å². The molecule has 0 spiro atoms. The van der Waals surface area contributed by atoms with Gasteiger partial charge in [0.05, 0.1) is 38.5 Å². The van der Waals surface area contributed by atoms with Crippen LogP contribution in [-0.2, 0) is 17.9 Å². The van der Waals surface area contributed by atoms with Crippen LogP contribution in [0.3, 0.4) is 0 Å². The molecule has 0 fully saturated rings. The van der Waals surface area contributed by atoms with Gasteiger partial charge in [0.15, 0.2) is 11.0 Å². The zero-order chi connectivity index (χ0) is 24.6. The maximum atomic E-state index is 12.7. The number of aromatic nitrogens is 3. The first kappa shape index (κ1) is 24.2. The zero-order valence-corrected chi connectivity index (χ0v) is 20.5. The van der Waals surface area contributed by atoms with E-state index < -0.39 is 0 Å². The Labute approximate surface area is 207 Å². The number of aryl methyl sites for hydroxylation is 1. The van der Waals surface area contributed by atoms with Crippen LogP contribution in [0.4, 0.5) is 5.69 Å². The molecule has 0 bridgehead atoms. The van der Waals surface area contributed by atoms with Crippen molar-refractivity contribution in [1.82, 2.24) is 14.8 Å². The van der Waals surface area contributed by atoms with Gasteiger partial charge >= 0.3 is 0 Å². The Kier molecular flexibility index (Phi) is 7.94. The molecule has 0 radical (unpaired) electrons. The molecule has 0 saturated heterocycles. The summed E-state index contributed by atoms with van der Waals surface area (Å²) in [7, 11) is 3.11. The number of ether oxygens (including phenoxy) is 3. The minimum absolute atomic E-state index is 0.129. The summed E-state index contributed by atoms with van der Waals surface area (Å²) in [5.74, 6) is 3.19. The van der Waals surface area contributed by atoms with Crippen molar-refractivity contribution in [2.24, 2.45) is 0 Å². The molecule has 0 aliphatic rings. The molecule has 1 amide bonds. The normalized spacial score (nSPS) is 10.7. The lowest BCUT2D eigenvalue weighted by atomic mass is 10.2. The number of rotatable bonds is 11. The summed E-state index contributed by atoms with van der Waals surface area (Å²) >= 11 is 1.28. The van der Waals surface area contributed by atoms with E-state index in [0.29, 0.717) is 34.7 Å². The van der Waals surface area contributed by atoms with Crippen molar-refractivity contribution in [2.75, 3.05) is 25.3 Å². The van der Waals surface area contributed by atoms with Gasteiger partial charge in [0.2, 0.25) is 5.91 Å². The van der Waals surface area contributed by atoms with Crippen LogP contribution in [0.25, 0.3) is 0 Å². The Morgan fingerprint density at radius 2 is 1.86 bits per heavy atom. The van der Waals surface area contributed by atoms with Crippen LogP contribution in [0, 0.1) is 6.92 Å². The number of nitrogens with one attached hydrogen (secondary N) is 1. The third-order valence-electron chi connectivity index (χ3n) is 5.09. The number of anilines is 1. The smallest absolute Gasteiger partial charge is 0.234 e. The number of thioether (sulfide) groups is 1. The quantitative estimate of drug-likeness (QED) is 0.303. The second kappa shape index (κ2) is 11.5. The lowest BCUT2D eigenvalue weighted by Crippen LogP contribution is -2.16. The van der Waals surface area contributed by atoms with Crippen LogP contribution >= 0.6 is 11.8 Å². The Hall–Kier alpha value is -3.92. The molecular formula is C25H26N4O5S. The molecule has 2 heterocycles. The summed E-state index contributed by atoms with van der Waals surface area (Å²) in [4.78, 5) is 12.7. The average molecular weight is 495 g/mol. The van der Waals surface area contributed by atoms with Gasteiger partial charge in [-0.3, -0.25) is 9.36 Å². The van der Waals surface area contributed by atoms with Crippen LogP contribution in [0.1, 0.15) is 17.1 Å². The van der Waals surface area contributed by atoms with E-state index >= 15 is 0 Å². The van der Waals surface area contributed by atoms with Gasteiger partial charge in [0, 0.05) is 6.07 Å². The molecule has 10 heteroatoms. The second-order valence-corrected chi connectivity index (χ2v) is 8.51. The number of amides is 1. The molecule has 0 saturated carbocycles. The SMILES string of the molecule is COc1ccc(NC(=O)CSc2nnc(COc3ccc(C)cc3)n2Cc2ccco2)c(OC)c1. The molecule has 1 N–H and O–H groups in total. The Morgan fingerprint density at radius 1 is 1.06 bits per heavy atom. The highest BCUT2D eigenvalue weighted by Gasteiger charge is 2.17. The molecule has 4 aromatic rings. The molecule has 35 heavy (non-hydrogen) atoms. The van der Waals surface area contributed by atoms with Crippen molar-refractivity contribution in [3.8, 4) is 17.2 Å². The van der Waals surface area contributed by atoms with Gasteiger partial charge in [-0.25, -0.2) is 0 Å². The minimum Gasteiger partial charge on any atom is -0.497 e. The first-order valence-electron chi connectivity index (χ1n) is 10.8. The van der Waals surface area contributed by atoms with Crippen LogP contribution in [0.5, 0.6) is 17.2 Å². The van der Waals surface area contributed by atoms with Gasteiger partial charge in [-0.2, -0.15) is 0 Å². The minimum atomic E-state index is -0.205. The summed E-state index contributed by atoms with van der Waals surface area (Å²) in [6.07, 6.45) is 1.62. The van der Waals surface area contributed by atoms with Crippen LogP contribution in [-0.4, -0.2) is 40.6 Å². The van der Waals surface area contributed by atoms with Crippen molar-refractivity contribution in [3.05, 3.63) is 78.0 Å². The third-order valence-corrected chi connectivity index (χ3v) is 6.06. The van der Waals surface area contributed by atoms with E-state index in [0.717, 1.165) is 17.1 Å². The summed E-state index contributed by atoms with van der Waals surface area (Å²) in [6.45, 7) is 2.67.